The molecule has 0 aromatic heterocycles. The molecule has 0 radical (unpaired) electrons. The summed E-state index contributed by atoms with van der Waals surface area (Å²) in [6.45, 7) is 4.22. The molecule has 1 unspecified atom stereocenters. The predicted octanol–water partition coefficient (Wildman–Crippen LogP) is 1.94. The third-order valence-electron chi connectivity index (χ3n) is 4.51. The number of rotatable bonds is 0. The minimum Gasteiger partial charge on any atom is -0.393 e. The minimum atomic E-state index is -0.535. The maximum atomic E-state index is 10.3. The minimum absolute atomic E-state index is 0.183. The second-order valence-electron chi connectivity index (χ2n) is 5.61. The maximum Gasteiger partial charge on any atom is 0.0651 e. The summed E-state index contributed by atoms with van der Waals surface area (Å²) in [6.07, 6.45) is 4.62. The summed E-state index contributed by atoms with van der Waals surface area (Å²) >= 11 is 0. The van der Waals surface area contributed by atoms with Crippen LogP contribution in [0.3, 0.4) is 0 Å². The molecule has 2 nitrogen and oxygen atoms in total. The fourth-order valence-corrected chi connectivity index (χ4v) is 3.51. The van der Waals surface area contributed by atoms with Gasteiger partial charge in [-0.2, -0.15) is 0 Å². The zero-order valence-electron chi connectivity index (χ0n) is 9.24. The summed E-state index contributed by atoms with van der Waals surface area (Å²) in [7, 11) is 0. The first kappa shape index (κ1) is 10.4. The fraction of sp³-hybridized carbons (Fsp3) is 1.00. The van der Waals surface area contributed by atoms with E-state index in [1.807, 2.05) is 6.92 Å². The number of hydrogen-bond donors (Lipinski definition) is 2. The Morgan fingerprint density at radius 2 is 1.93 bits per heavy atom. The molecule has 2 aliphatic carbocycles. The molecule has 14 heavy (non-hydrogen) atoms. The summed E-state index contributed by atoms with van der Waals surface area (Å²) in [5.74, 6) is 1.65. The van der Waals surface area contributed by atoms with Crippen molar-refractivity contribution in [1.29, 1.82) is 0 Å². The molecule has 0 bridgehead atoms. The average molecular weight is 198 g/mol. The van der Waals surface area contributed by atoms with Crippen LogP contribution < -0.4 is 0 Å². The Bertz CT molecular complexity index is 212. The Balaban J connectivity index is 2.20. The smallest absolute Gasteiger partial charge is 0.0651 e. The van der Waals surface area contributed by atoms with Gasteiger partial charge in [-0.05, 0) is 50.4 Å². The molecule has 0 spiro atoms. The number of aliphatic hydroxyl groups is 2. The summed E-state index contributed by atoms with van der Waals surface area (Å²) < 4.78 is 0. The Morgan fingerprint density at radius 3 is 2.64 bits per heavy atom. The van der Waals surface area contributed by atoms with Gasteiger partial charge in [-0.3, -0.25) is 0 Å². The Labute approximate surface area is 86.3 Å². The van der Waals surface area contributed by atoms with Crippen LogP contribution in [0.2, 0.25) is 0 Å². The van der Waals surface area contributed by atoms with Crippen molar-refractivity contribution in [2.75, 3.05) is 0 Å². The number of hydrogen-bond acceptors (Lipinski definition) is 2. The highest BCUT2D eigenvalue weighted by Crippen LogP contribution is 2.48. The lowest BCUT2D eigenvalue weighted by Gasteiger charge is -2.32. The maximum absolute atomic E-state index is 10.3. The zero-order valence-corrected chi connectivity index (χ0v) is 9.24. The topological polar surface area (TPSA) is 40.5 Å². The van der Waals surface area contributed by atoms with E-state index in [9.17, 15) is 10.2 Å². The molecule has 2 rings (SSSR count). The lowest BCUT2D eigenvalue weighted by atomic mass is 9.78. The molecule has 0 amide bonds. The molecular formula is C12H22O2. The molecule has 2 heteroatoms. The van der Waals surface area contributed by atoms with E-state index >= 15 is 0 Å². The summed E-state index contributed by atoms with van der Waals surface area (Å²) in [6, 6.07) is 0. The van der Waals surface area contributed by atoms with Crippen LogP contribution in [0, 0.1) is 17.8 Å². The van der Waals surface area contributed by atoms with E-state index in [4.69, 9.17) is 0 Å². The summed E-state index contributed by atoms with van der Waals surface area (Å²) in [5, 5.41) is 20.1. The van der Waals surface area contributed by atoms with Crippen LogP contribution in [0.5, 0.6) is 0 Å². The largest absolute Gasteiger partial charge is 0.393 e. The average Bonchev–Trinajstić information content (AvgIpc) is 2.40. The van der Waals surface area contributed by atoms with Gasteiger partial charge in [0.1, 0.15) is 0 Å². The monoisotopic (exact) mass is 198 g/mol. The molecule has 0 aromatic rings. The van der Waals surface area contributed by atoms with Crippen LogP contribution in [0.4, 0.5) is 0 Å². The van der Waals surface area contributed by atoms with Crippen molar-refractivity contribution in [3.05, 3.63) is 0 Å². The van der Waals surface area contributed by atoms with E-state index in [2.05, 4.69) is 6.92 Å². The quantitative estimate of drug-likeness (QED) is 0.624. The molecule has 2 fully saturated rings. The zero-order chi connectivity index (χ0) is 10.3. The van der Waals surface area contributed by atoms with E-state index in [0.29, 0.717) is 17.8 Å². The first-order valence-corrected chi connectivity index (χ1v) is 5.91. The Morgan fingerprint density at radius 1 is 1.21 bits per heavy atom. The van der Waals surface area contributed by atoms with Crippen molar-refractivity contribution in [3.63, 3.8) is 0 Å². The molecule has 2 saturated carbocycles. The van der Waals surface area contributed by atoms with Crippen LogP contribution >= 0.6 is 0 Å². The number of fused-ring (bicyclic) bond motifs is 1. The lowest BCUT2D eigenvalue weighted by molar-refractivity contribution is -0.0208. The van der Waals surface area contributed by atoms with Gasteiger partial charge in [0, 0.05) is 0 Å². The van der Waals surface area contributed by atoms with Gasteiger partial charge in [0.15, 0.2) is 0 Å². The highest BCUT2D eigenvalue weighted by atomic mass is 16.3. The van der Waals surface area contributed by atoms with E-state index < -0.39 is 5.60 Å². The van der Waals surface area contributed by atoms with Gasteiger partial charge in [-0.15, -0.1) is 0 Å². The molecule has 0 aliphatic heterocycles. The second kappa shape index (κ2) is 3.49. The summed E-state index contributed by atoms with van der Waals surface area (Å²) in [4.78, 5) is 0. The van der Waals surface area contributed by atoms with Gasteiger partial charge in [-0.1, -0.05) is 13.3 Å². The number of aliphatic hydroxyl groups excluding tert-OH is 1. The second-order valence-corrected chi connectivity index (χ2v) is 5.61. The third-order valence-corrected chi connectivity index (χ3v) is 4.51. The SMILES string of the molecule is C[C@H]1CC[C@H]2[C@H]1CC(O)CC[C@@]2(C)O. The summed E-state index contributed by atoms with van der Waals surface area (Å²) in [5.41, 5.74) is -0.535. The van der Waals surface area contributed by atoms with E-state index in [-0.39, 0.29) is 6.10 Å². The van der Waals surface area contributed by atoms with Gasteiger partial charge in [0.05, 0.1) is 11.7 Å². The van der Waals surface area contributed by atoms with Crippen LogP contribution in [0.1, 0.15) is 46.0 Å². The van der Waals surface area contributed by atoms with Crippen molar-refractivity contribution in [1.82, 2.24) is 0 Å². The first-order chi connectivity index (χ1) is 6.50. The highest BCUT2D eigenvalue weighted by Gasteiger charge is 2.46. The van der Waals surface area contributed by atoms with E-state index in [1.54, 1.807) is 0 Å². The molecular weight excluding hydrogens is 176 g/mol. The van der Waals surface area contributed by atoms with Crippen molar-refractivity contribution in [2.45, 2.75) is 57.7 Å². The van der Waals surface area contributed by atoms with Crippen molar-refractivity contribution in [3.8, 4) is 0 Å². The van der Waals surface area contributed by atoms with Crippen molar-refractivity contribution in [2.24, 2.45) is 17.8 Å². The standard InChI is InChI=1S/C12H22O2/c1-8-3-4-11-10(8)7-9(13)5-6-12(11,2)14/h8-11,13-14H,3-7H2,1-2H3/t8-,9?,10-,11-,12+/m0/s1. The van der Waals surface area contributed by atoms with Crippen molar-refractivity contribution >= 4 is 0 Å². The van der Waals surface area contributed by atoms with E-state index in [0.717, 1.165) is 25.7 Å². The Kier molecular flexibility index (Phi) is 2.61. The van der Waals surface area contributed by atoms with E-state index in [1.165, 1.54) is 6.42 Å². The molecule has 2 N–H and O–H groups in total. The Hall–Kier alpha value is -0.0800. The molecule has 0 heterocycles. The van der Waals surface area contributed by atoms with Gasteiger partial charge in [0.25, 0.3) is 0 Å². The lowest BCUT2D eigenvalue weighted by Crippen LogP contribution is -2.36. The van der Waals surface area contributed by atoms with Crippen LogP contribution in [-0.4, -0.2) is 21.9 Å². The van der Waals surface area contributed by atoms with Gasteiger partial charge in [0.2, 0.25) is 0 Å². The van der Waals surface area contributed by atoms with Gasteiger partial charge < -0.3 is 10.2 Å². The normalized spacial score (nSPS) is 54.0. The van der Waals surface area contributed by atoms with Crippen LogP contribution in [0.25, 0.3) is 0 Å². The van der Waals surface area contributed by atoms with Crippen LogP contribution in [0.15, 0.2) is 0 Å². The molecule has 2 aliphatic rings. The van der Waals surface area contributed by atoms with Crippen molar-refractivity contribution < 1.29 is 10.2 Å². The molecule has 5 atom stereocenters. The molecule has 0 aromatic carbocycles. The predicted molar refractivity (Wildman–Crippen MR) is 55.9 cm³/mol. The highest BCUT2D eigenvalue weighted by molar-refractivity contribution is 4.97. The fourth-order valence-electron chi connectivity index (χ4n) is 3.51. The third kappa shape index (κ3) is 1.70. The van der Waals surface area contributed by atoms with Gasteiger partial charge >= 0.3 is 0 Å². The first-order valence-electron chi connectivity index (χ1n) is 5.91. The van der Waals surface area contributed by atoms with Crippen LogP contribution in [-0.2, 0) is 0 Å². The molecule has 82 valence electrons. The molecule has 0 saturated heterocycles. The van der Waals surface area contributed by atoms with Gasteiger partial charge in [-0.25, -0.2) is 0 Å².